The summed E-state index contributed by atoms with van der Waals surface area (Å²) in [6, 6.07) is 5.00. The second-order valence-corrected chi connectivity index (χ2v) is 10.1. The number of rotatable bonds is 5. The fraction of sp³-hybridized carbons (Fsp3) is 0.526. The van der Waals surface area contributed by atoms with Crippen molar-refractivity contribution < 1.29 is 13.2 Å². The standard InChI is InChI=1S/C19H24ClNO3S/c1-12(2)15-6-5-14(10-16(15)20)21-25(23,24)11-19-8-7-13(9-17(19)22)18(19,3)4/h5-6,10,13,21H,1,7-9,11H2,2-4H3. The number of carbonyl (C=O) groups excluding carboxylic acids is 1. The van der Waals surface area contributed by atoms with Crippen molar-refractivity contribution in [1.29, 1.82) is 0 Å². The number of hydrogen-bond acceptors (Lipinski definition) is 3. The van der Waals surface area contributed by atoms with Crippen LogP contribution in [0, 0.1) is 16.7 Å². The van der Waals surface area contributed by atoms with Gasteiger partial charge in [-0.15, -0.1) is 0 Å². The molecular formula is C19H24ClNO3S. The molecule has 0 saturated heterocycles. The van der Waals surface area contributed by atoms with Gasteiger partial charge in [-0.1, -0.05) is 38.1 Å². The summed E-state index contributed by atoms with van der Waals surface area (Å²) < 4.78 is 28.1. The van der Waals surface area contributed by atoms with Crippen LogP contribution < -0.4 is 4.72 Å². The summed E-state index contributed by atoms with van der Waals surface area (Å²) >= 11 is 6.20. The van der Waals surface area contributed by atoms with Crippen molar-refractivity contribution in [3.63, 3.8) is 0 Å². The molecular weight excluding hydrogens is 358 g/mol. The van der Waals surface area contributed by atoms with Gasteiger partial charge in [0.2, 0.25) is 10.0 Å². The van der Waals surface area contributed by atoms with Crippen molar-refractivity contribution in [2.75, 3.05) is 10.5 Å². The summed E-state index contributed by atoms with van der Waals surface area (Å²) in [6.07, 6.45) is 2.08. The fourth-order valence-electron chi connectivity index (χ4n) is 4.57. The Kier molecular flexibility index (Phi) is 4.32. The molecule has 2 bridgehead atoms. The molecule has 2 aliphatic carbocycles. The normalized spacial score (nSPS) is 27.5. The minimum absolute atomic E-state index is 0.0924. The lowest BCUT2D eigenvalue weighted by molar-refractivity contribution is -0.128. The third kappa shape index (κ3) is 2.91. The number of sulfonamides is 1. The molecule has 1 N–H and O–H groups in total. The molecule has 2 unspecified atom stereocenters. The molecule has 2 atom stereocenters. The Morgan fingerprint density at radius 2 is 2.08 bits per heavy atom. The molecule has 1 aromatic rings. The number of benzene rings is 1. The largest absolute Gasteiger partial charge is 0.299 e. The van der Waals surface area contributed by atoms with E-state index in [-0.39, 0.29) is 17.0 Å². The maximum Gasteiger partial charge on any atom is 0.233 e. The minimum Gasteiger partial charge on any atom is -0.299 e. The van der Waals surface area contributed by atoms with Crippen LogP contribution in [0.1, 0.15) is 45.6 Å². The quantitative estimate of drug-likeness (QED) is 0.816. The molecule has 0 heterocycles. The van der Waals surface area contributed by atoms with Gasteiger partial charge in [-0.25, -0.2) is 8.42 Å². The van der Waals surface area contributed by atoms with Gasteiger partial charge in [0.1, 0.15) is 5.78 Å². The van der Waals surface area contributed by atoms with E-state index in [2.05, 4.69) is 11.3 Å². The van der Waals surface area contributed by atoms with Crippen molar-refractivity contribution in [2.45, 2.75) is 40.0 Å². The minimum atomic E-state index is -3.67. The van der Waals surface area contributed by atoms with Gasteiger partial charge < -0.3 is 0 Å². The van der Waals surface area contributed by atoms with E-state index in [4.69, 9.17) is 11.6 Å². The van der Waals surface area contributed by atoms with Crippen LogP contribution >= 0.6 is 11.6 Å². The summed E-state index contributed by atoms with van der Waals surface area (Å²) in [6.45, 7) is 9.75. The van der Waals surface area contributed by atoms with Crippen molar-refractivity contribution >= 4 is 38.7 Å². The zero-order valence-corrected chi connectivity index (χ0v) is 16.4. The lowest BCUT2D eigenvalue weighted by Crippen LogP contribution is -2.43. The summed E-state index contributed by atoms with van der Waals surface area (Å²) in [7, 11) is -3.67. The van der Waals surface area contributed by atoms with Gasteiger partial charge in [-0.05, 0) is 54.4 Å². The van der Waals surface area contributed by atoms with Gasteiger partial charge in [0.15, 0.2) is 0 Å². The number of ketones is 1. The number of allylic oxidation sites excluding steroid dienone is 1. The van der Waals surface area contributed by atoms with E-state index in [1.165, 1.54) is 0 Å². The first kappa shape index (κ1) is 18.5. The topological polar surface area (TPSA) is 63.2 Å². The Labute approximate surface area is 154 Å². The average molecular weight is 382 g/mol. The molecule has 136 valence electrons. The van der Waals surface area contributed by atoms with Crippen LogP contribution in [-0.4, -0.2) is 20.0 Å². The van der Waals surface area contributed by atoms with E-state index in [0.29, 0.717) is 29.5 Å². The Morgan fingerprint density at radius 3 is 2.56 bits per heavy atom. The molecule has 0 spiro atoms. The maximum atomic E-state index is 12.8. The van der Waals surface area contributed by atoms with E-state index in [9.17, 15) is 13.2 Å². The number of halogens is 1. The highest BCUT2D eigenvalue weighted by Gasteiger charge is 2.65. The Balaban J connectivity index is 1.85. The third-order valence-corrected chi connectivity index (χ3v) is 8.01. The van der Waals surface area contributed by atoms with Gasteiger partial charge in [-0.2, -0.15) is 0 Å². The number of hydrogen-bond donors (Lipinski definition) is 1. The van der Waals surface area contributed by atoms with Gasteiger partial charge in [0.25, 0.3) is 0 Å². The molecule has 0 amide bonds. The molecule has 6 heteroatoms. The van der Waals surface area contributed by atoms with Crippen LogP contribution in [0.2, 0.25) is 5.02 Å². The Bertz CT molecular complexity index is 859. The summed E-state index contributed by atoms with van der Waals surface area (Å²) in [5.74, 6) is 0.219. The molecule has 0 aliphatic heterocycles. The predicted molar refractivity (Wildman–Crippen MR) is 102 cm³/mol. The zero-order valence-electron chi connectivity index (χ0n) is 14.9. The lowest BCUT2D eigenvalue weighted by atomic mass is 9.70. The molecule has 3 rings (SSSR count). The highest BCUT2D eigenvalue weighted by molar-refractivity contribution is 7.92. The van der Waals surface area contributed by atoms with Gasteiger partial charge in [0, 0.05) is 12.1 Å². The molecule has 2 fully saturated rings. The summed E-state index contributed by atoms with van der Waals surface area (Å²) in [5.41, 5.74) is 0.956. The first-order chi connectivity index (χ1) is 11.5. The van der Waals surface area contributed by atoms with Gasteiger partial charge in [0.05, 0.1) is 16.2 Å². The van der Waals surface area contributed by atoms with E-state index in [1.54, 1.807) is 18.2 Å². The predicted octanol–water partition coefficient (Wildman–Crippen LogP) is 4.51. The average Bonchev–Trinajstić information content (AvgIpc) is 2.80. The van der Waals surface area contributed by atoms with E-state index in [0.717, 1.165) is 17.6 Å². The summed E-state index contributed by atoms with van der Waals surface area (Å²) in [4.78, 5) is 12.6. The van der Waals surface area contributed by atoms with Crippen molar-refractivity contribution in [3.05, 3.63) is 35.4 Å². The first-order valence-corrected chi connectivity index (χ1v) is 10.5. The van der Waals surface area contributed by atoms with Crippen molar-refractivity contribution in [1.82, 2.24) is 0 Å². The molecule has 25 heavy (non-hydrogen) atoms. The molecule has 0 aromatic heterocycles. The second-order valence-electron chi connectivity index (χ2n) is 8.00. The maximum absolute atomic E-state index is 12.8. The number of carbonyl (C=O) groups is 1. The molecule has 0 radical (unpaired) electrons. The monoisotopic (exact) mass is 381 g/mol. The van der Waals surface area contributed by atoms with Crippen LogP contribution in [0.25, 0.3) is 5.57 Å². The number of Topliss-reactive ketones (excluding diaryl/α,β-unsaturated/α-hetero) is 1. The lowest BCUT2D eigenvalue weighted by Gasteiger charge is -2.36. The van der Waals surface area contributed by atoms with Crippen molar-refractivity contribution in [2.24, 2.45) is 16.7 Å². The Morgan fingerprint density at radius 1 is 1.40 bits per heavy atom. The molecule has 1 aromatic carbocycles. The summed E-state index contributed by atoms with van der Waals surface area (Å²) in [5, 5.41) is 0.448. The highest BCUT2D eigenvalue weighted by Crippen LogP contribution is 2.64. The molecule has 2 saturated carbocycles. The SMILES string of the molecule is C=C(C)c1ccc(NS(=O)(=O)CC23CCC(CC2=O)C3(C)C)cc1Cl. The smallest absolute Gasteiger partial charge is 0.233 e. The molecule has 2 aliphatic rings. The Hall–Kier alpha value is -1.33. The van der Waals surface area contributed by atoms with E-state index >= 15 is 0 Å². The third-order valence-electron chi connectivity index (χ3n) is 6.28. The number of fused-ring (bicyclic) bond motifs is 2. The number of anilines is 1. The van der Waals surface area contributed by atoms with Crippen LogP contribution in [0.5, 0.6) is 0 Å². The zero-order chi connectivity index (χ0) is 18.6. The molecule has 4 nitrogen and oxygen atoms in total. The fourth-order valence-corrected chi connectivity index (χ4v) is 6.80. The van der Waals surface area contributed by atoms with Gasteiger partial charge in [-0.3, -0.25) is 9.52 Å². The first-order valence-electron chi connectivity index (χ1n) is 8.48. The second kappa shape index (κ2) is 5.85. The van der Waals surface area contributed by atoms with E-state index in [1.807, 2.05) is 20.8 Å². The van der Waals surface area contributed by atoms with Crippen LogP contribution in [0.3, 0.4) is 0 Å². The van der Waals surface area contributed by atoms with Gasteiger partial charge >= 0.3 is 0 Å². The van der Waals surface area contributed by atoms with Crippen molar-refractivity contribution in [3.8, 4) is 0 Å². The number of nitrogens with one attached hydrogen (secondary N) is 1. The van der Waals surface area contributed by atoms with Crippen LogP contribution in [-0.2, 0) is 14.8 Å². The highest BCUT2D eigenvalue weighted by atomic mass is 35.5. The van der Waals surface area contributed by atoms with Crippen LogP contribution in [0.4, 0.5) is 5.69 Å². The van der Waals surface area contributed by atoms with Crippen LogP contribution in [0.15, 0.2) is 24.8 Å². The van der Waals surface area contributed by atoms with E-state index < -0.39 is 15.4 Å².